The van der Waals surface area contributed by atoms with Gasteiger partial charge in [0.15, 0.2) is 0 Å². The summed E-state index contributed by atoms with van der Waals surface area (Å²) in [5.74, 6) is 0. The maximum atomic E-state index is 3.78. The van der Waals surface area contributed by atoms with Gasteiger partial charge in [0.05, 0.1) is 5.41 Å². The average molecular weight is 488 g/mol. The zero-order valence-corrected chi connectivity index (χ0v) is 21.3. The lowest BCUT2D eigenvalue weighted by Crippen LogP contribution is -2.29. The fraction of sp³-hybridized carbons (Fsp3) is 0.0811. The number of nitrogens with one attached hydrogen (secondary N) is 1. The first kappa shape index (κ1) is 22.6. The minimum absolute atomic E-state index is 0.369. The van der Waals surface area contributed by atoms with Crippen molar-refractivity contribution in [3.63, 3.8) is 0 Å². The molecule has 0 saturated heterocycles. The summed E-state index contributed by atoms with van der Waals surface area (Å²) in [6, 6.07) is 48.2. The second-order valence-electron chi connectivity index (χ2n) is 10.1. The van der Waals surface area contributed by atoms with Crippen LogP contribution in [0.2, 0.25) is 0 Å². The Morgan fingerprint density at radius 1 is 0.526 bits per heavy atom. The molecule has 2 aliphatic rings. The highest BCUT2D eigenvalue weighted by atomic mass is 14.9. The van der Waals surface area contributed by atoms with E-state index in [0.29, 0.717) is 0 Å². The number of hydrogen-bond acceptors (Lipinski definition) is 1. The highest BCUT2D eigenvalue weighted by Crippen LogP contribution is 2.59. The smallest absolute Gasteiger partial charge is 0.0711 e. The molecule has 5 aromatic carbocycles. The molecule has 0 amide bonds. The van der Waals surface area contributed by atoms with E-state index in [1.165, 1.54) is 44.5 Å². The lowest BCUT2D eigenvalue weighted by Gasteiger charge is -2.35. The Balaban J connectivity index is 1.57. The van der Waals surface area contributed by atoms with Crippen LogP contribution in [0.1, 0.15) is 35.1 Å². The largest absolute Gasteiger partial charge is 0.355 e. The zero-order valence-electron chi connectivity index (χ0n) is 21.3. The third-order valence-electron chi connectivity index (χ3n) is 7.96. The molecule has 0 atom stereocenters. The van der Waals surface area contributed by atoms with Gasteiger partial charge in [-0.3, -0.25) is 0 Å². The molecule has 0 aromatic heterocycles. The van der Waals surface area contributed by atoms with E-state index >= 15 is 0 Å². The number of fused-ring (bicyclic) bond motifs is 3. The number of para-hydroxylation sites is 1. The Morgan fingerprint density at radius 3 is 1.71 bits per heavy atom. The van der Waals surface area contributed by atoms with Crippen molar-refractivity contribution in [2.24, 2.45) is 0 Å². The topological polar surface area (TPSA) is 12.0 Å². The Hall–Kier alpha value is -4.62. The van der Waals surface area contributed by atoms with Gasteiger partial charge in [0.1, 0.15) is 0 Å². The molecule has 0 saturated carbocycles. The van der Waals surface area contributed by atoms with Crippen molar-refractivity contribution < 1.29 is 0 Å². The third-order valence-corrected chi connectivity index (χ3v) is 7.96. The molecule has 0 bridgehead atoms. The summed E-state index contributed by atoms with van der Waals surface area (Å²) < 4.78 is 0. The van der Waals surface area contributed by atoms with E-state index in [1.807, 2.05) is 0 Å². The predicted octanol–water partition coefficient (Wildman–Crippen LogP) is 9.55. The lowest BCUT2D eigenvalue weighted by atomic mass is 9.66. The van der Waals surface area contributed by atoms with E-state index in [0.717, 1.165) is 24.2 Å². The van der Waals surface area contributed by atoms with E-state index in [-0.39, 0.29) is 5.41 Å². The van der Waals surface area contributed by atoms with Gasteiger partial charge < -0.3 is 5.32 Å². The SMILES string of the molecule is C1=C2C(=CCC1)C(c1ccccc1)(c1ccccc1)c1cc(Nc3ccccc3)c(-c3ccccc3)cc12. The Morgan fingerprint density at radius 2 is 1.08 bits per heavy atom. The van der Waals surface area contributed by atoms with Gasteiger partial charge >= 0.3 is 0 Å². The monoisotopic (exact) mass is 487 g/mol. The van der Waals surface area contributed by atoms with E-state index < -0.39 is 0 Å². The molecule has 0 fully saturated rings. The molecule has 0 radical (unpaired) electrons. The van der Waals surface area contributed by atoms with Crippen LogP contribution >= 0.6 is 0 Å². The standard InChI is InChI=1S/C37H29N/c1-5-15-27(16-6-1)32-25-33-31-23-13-14-24-34(31)37(28-17-7-2-8-18-28,29-19-9-3-10-20-29)35(33)26-36(32)38-30-21-11-4-12-22-30/h1-12,15-26,38H,13-14H2. The number of hydrogen-bond donors (Lipinski definition) is 1. The summed E-state index contributed by atoms with van der Waals surface area (Å²) in [6.07, 6.45) is 7.08. The van der Waals surface area contributed by atoms with Crippen LogP contribution < -0.4 is 5.32 Å². The minimum Gasteiger partial charge on any atom is -0.355 e. The van der Waals surface area contributed by atoms with Gasteiger partial charge in [-0.15, -0.1) is 0 Å². The Labute approximate surface area is 224 Å². The van der Waals surface area contributed by atoms with Crippen molar-refractivity contribution in [3.8, 4) is 11.1 Å². The van der Waals surface area contributed by atoms with Crippen LogP contribution in [0.15, 0.2) is 151 Å². The summed E-state index contributed by atoms with van der Waals surface area (Å²) in [5.41, 5.74) is 12.4. The molecule has 0 heterocycles. The highest BCUT2D eigenvalue weighted by molar-refractivity contribution is 5.98. The van der Waals surface area contributed by atoms with E-state index in [4.69, 9.17) is 0 Å². The van der Waals surface area contributed by atoms with E-state index in [1.54, 1.807) is 0 Å². The molecule has 182 valence electrons. The summed E-state index contributed by atoms with van der Waals surface area (Å²) in [5, 5.41) is 3.78. The minimum atomic E-state index is -0.369. The molecule has 5 aromatic rings. The second kappa shape index (κ2) is 9.36. The zero-order chi connectivity index (χ0) is 25.4. The van der Waals surface area contributed by atoms with Gasteiger partial charge in [-0.2, -0.15) is 0 Å². The molecule has 38 heavy (non-hydrogen) atoms. The van der Waals surface area contributed by atoms with Crippen molar-refractivity contribution in [2.75, 3.05) is 5.32 Å². The average Bonchev–Trinajstić information content (AvgIpc) is 3.29. The Kier molecular flexibility index (Phi) is 5.56. The summed E-state index contributed by atoms with van der Waals surface area (Å²) in [4.78, 5) is 0. The molecule has 1 heteroatoms. The first-order chi connectivity index (χ1) is 18.9. The quantitative estimate of drug-likeness (QED) is 0.260. The number of rotatable bonds is 5. The maximum absolute atomic E-state index is 3.78. The van der Waals surface area contributed by atoms with Gasteiger partial charge in [-0.05, 0) is 76.1 Å². The molecule has 0 spiro atoms. The van der Waals surface area contributed by atoms with Crippen LogP contribution in [-0.4, -0.2) is 0 Å². The van der Waals surface area contributed by atoms with Gasteiger partial charge in [-0.1, -0.05) is 121 Å². The second-order valence-corrected chi connectivity index (χ2v) is 10.1. The Bertz CT molecular complexity index is 1610. The van der Waals surface area contributed by atoms with Gasteiger partial charge in [0.25, 0.3) is 0 Å². The predicted molar refractivity (Wildman–Crippen MR) is 160 cm³/mol. The van der Waals surface area contributed by atoms with Gasteiger partial charge in [0, 0.05) is 16.9 Å². The first-order valence-corrected chi connectivity index (χ1v) is 13.4. The van der Waals surface area contributed by atoms with Crippen LogP contribution in [0.5, 0.6) is 0 Å². The summed E-state index contributed by atoms with van der Waals surface area (Å²) >= 11 is 0. The highest BCUT2D eigenvalue weighted by Gasteiger charge is 2.48. The van der Waals surface area contributed by atoms with Crippen LogP contribution in [0, 0.1) is 0 Å². The molecular formula is C37H29N. The van der Waals surface area contributed by atoms with Crippen molar-refractivity contribution in [1.29, 1.82) is 0 Å². The van der Waals surface area contributed by atoms with Crippen LogP contribution in [0.3, 0.4) is 0 Å². The van der Waals surface area contributed by atoms with Gasteiger partial charge in [0.2, 0.25) is 0 Å². The molecule has 7 rings (SSSR count). The van der Waals surface area contributed by atoms with E-state index in [9.17, 15) is 0 Å². The molecule has 1 N–H and O–H groups in total. The van der Waals surface area contributed by atoms with Crippen molar-refractivity contribution in [1.82, 2.24) is 0 Å². The van der Waals surface area contributed by atoms with E-state index in [2.05, 4.69) is 151 Å². The maximum Gasteiger partial charge on any atom is 0.0711 e. The number of benzene rings is 5. The third kappa shape index (κ3) is 3.55. The molecule has 0 aliphatic heterocycles. The van der Waals surface area contributed by atoms with Gasteiger partial charge in [-0.25, -0.2) is 0 Å². The fourth-order valence-electron chi connectivity index (χ4n) is 6.37. The molecule has 0 unspecified atom stereocenters. The van der Waals surface area contributed by atoms with Crippen LogP contribution in [0.4, 0.5) is 11.4 Å². The van der Waals surface area contributed by atoms with Crippen molar-refractivity contribution in [3.05, 3.63) is 173 Å². The normalized spacial score (nSPS) is 15.2. The fourth-order valence-corrected chi connectivity index (χ4v) is 6.37. The van der Waals surface area contributed by atoms with Crippen LogP contribution in [-0.2, 0) is 5.41 Å². The number of anilines is 2. The van der Waals surface area contributed by atoms with Crippen LogP contribution in [0.25, 0.3) is 16.7 Å². The summed E-state index contributed by atoms with van der Waals surface area (Å²) in [6.45, 7) is 0. The first-order valence-electron chi connectivity index (χ1n) is 13.4. The lowest BCUT2D eigenvalue weighted by molar-refractivity contribution is 0.759. The molecule has 1 nitrogen and oxygen atoms in total. The molecule has 2 aliphatic carbocycles. The number of allylic oxidation sites excluding steroid dienone is 4. The van der Waals surface area contributed by atoms with Crippen molar-refractivity contribution in [2.45, 2.75) is 18.3 Å². The summed E-state index contributed by atoms with van der Waals surface area (Å²) in [7, 11) is 0. The van der Waals surface area contributed by atoms with Crippen molar-refractivity contribution >= 4 is 16.9 Å². The molecular weight excluding hydrogens is 458 g/mol.